The van der Waals surface area contributed by atoms with Gasteiger partial charge in [-0.1, -0.05) is 45.8 Å². The molecule has 3 N–H and O–H groups in total. The van der Waals surface area contributed by atoms with Crippen LogP contribution < -0.4 is 10.2 Å². The van der Waals surface area contributed by atoms with Crippen LogP contribution in [-0.2, 0) is 4.79 Å². The number of anilines is 3. The van der Waals surface area contributed by atoms with Crippen molar-refractivity contribution in [1.29, 1.82) is 0 Å². The lowest BCUT2D eigenvalue weighted by Gasteiger charge is -2.31. The third-order valence-corrected chi connectivity index (χ3v) is 4.18. The number of carboxylic acids is 1. The molecule has 0 spiro atoms. The highest BCUT2D eigenvalue weighted by atomic mass is 16.4. The molecular formula is C19H30N6O2. The quantitative estimate of drug-likeness (QED) is 0.583. The van der Waals surface area contributed by atoms with Gasteiger partial charge in [0.2, 0.25) is 5.95 Å². The highest BCUT2D eigenvalue weighted by molar-refractivity contribution is 5.75. The zero-order chi connectivity index (χ0) is 20.0. The van der Waals surface area contributed by atoms with Gasteiger partial charge in [0.1, 0.15) is 0 Å². The molecule has 1 atom stereocenters. The summed E-state index contributed by atoms with van der Waals surface area (Å²) in [6.45, 7) is 12.6. The van der Waals surface area contributed by atoms with Gasteiger partial charge < -0.3 is 15.3 Å². The van der Waals surface area contributed by atoms with Crippen LogP contribution in [0.25, 0.3) is 0 Å². The maximum absolute atomic E-state index is 11.1. The van der Waals surface area contributed by atoms with Gasteiger partial charge in [-0.25, -0.2) is 5.10 Å². The van der Waals surface area contributed by atoms with Gasteiger partial charge in [-0.05, 0) is 45.9 Å². The molecule has 1 aromatic carbocycles. The lowest BCUT2D eigenvalue weighted by atomic mass is 9.96. The van der Waals surface area contributed by atoms with Crippen molar-refractivity contribution in [3.8, 4) is 0 Å². The van der Waals surface area contributed by atoms with Crippen molar-refractivity contribution < 1.29 is 9.90 Å². The second-order valence-electron chi connectivity index (χ2n) is 7.84. The first-order valence-corrected chi connectivity index (χ1v) is 9.37. The van der Waals surface area contributed by atoms with Crippen LogP contribution in [0.2, 0.25) is 0 Å². The summed E-state index contributed by atoms with van der Waals surface area (Å²) in [6.07, 6.45) is 0.0877. The van der Waals surface area contributed by atoms with Gasteiger partial charge >= 0.3 is 5.97 Å². The molecule has 0 bridgehead atoms. The van der Waals surface area contributed by atoms with E-state index >= 15 is 0 Å². The Morgan fingerprint density at radius 3 is 2.37 bits per heavy atom. The van der Waals surface area contributed by atoms with E-state index in [-0.39, 0.29) is 12.3 Å². The molecule has 2 aromatic rings. The Balaban J connectivity index is 2.41. The van der Waals surface area contributed by atoms with Crippen molar-refractivity contribution in [2.24, 2.45) is 11.8 Å². The van der Waals surface area contributed by atoms with E-state index in [0.717, 1.165) is 30.0 Å². The fraction of sp³-hybridized carbons (Fsp3) is 0.579. The van der Waals surface area contributed by atoms with Crippen molar-refractivity contribution in [2.75, 3.05) is 23.3 Å². The number of hydrogen-bond acceptors (Lipinski definition) is 6. The summed E-state index contributed by atoms with van der Waals surface area (Å²) in [5.74, 6) is 0.576. The van der Waals surface area contributed by atoms with Crippen molar-refractivity contribution >= 4 is 23.3 Å². The van der Waals surface area contributed by atoms with Gasteiger partial charge in [0.25, 0.3) is 0 Å². The Morgan fingerprint density at radius 1 is 1.19 bits per heavy atom. The summed E-state index contributed by atoms with van der Waals surface area (Å²) < 4.78 is 0. The predicted octanol–water partition coefficient (Wildman–Crippen LogP) is 3.64. The van der Waals surface area contributed by atoms with Crippen LogP contribution >= 0.6 is 0 Å². The molecule has 0 radical (unpaired) electrons. The molecule has 2 rings (SSSR count). The molecule has 0 aliphatic rings. The minimum absolute atomic E-state index is 0.0877. The standard InChI is InChI=1S/C19H30N6O2/c1-12(2)10-25(11-13(3)4)17-7-6-15(14(5)8-18(26)27)9-16(17)20-19-21-23-24-22-19/h6-7,9,12-14H,8,10-11H2,1-5H3,(H,26,27)(H2,20,21,22,23,24). The fourth-order valence-corrected chi connectivity index (χ4v) is 3.11. The number of benzene rings is 1. The van der Waals surface area contributed by atoms with Gasteiger partial charge in [0, 0.05) is 13.1 Å². The average Bonchev–Trinajstić information content (AvgIpc) is 3.05. The number of H-pyrrole nitrogens is 1. The Kier molecular flexibility index (Phi) is 7.15. The van der Waals surface area contributed by atoms with E-state index in [1.54, 1.807) is 0 Å². The van der Waals surface area contributed by atoms with E-state index in [1.165, 1.54) is 0 Å². The number of carboxylic acid groups (broad SMARTS) is 1. The second kappa shape index (κ2) is 9.34. The predicted molar refractivity (Wildman–Crippen MR) is 106 cm³/mol. The van der Waals surface area contributed by atoms with Crippen molar-refractivity contribution in [1.82, 2.24) is 20.6 Å². The number of hydrogen-bond donors (Lipinski definition) is 3. The maximum Gasteiger partial charge on any atom is 0.303 e. The van der Waals surface area contributed by atoms with Crippen molar-refractivity contribution in [3.63, 3.8) is 0 Å². The van der Waals surface area contributed by atoms with Gasteiger partial charge in [-0.3, -0.25) is 4.79 Å². The summed E-state index contributed by atoms with van der Waals surface area (Å²) in [5, 5.41) is 26.2. The number of aromatic amines is 1. The number of tetrazole rings is 1. The molecular weight excluding hydrogens is 344 g/mol. The second-order valence-corrected chi connectivity index (χ2v) is 7.84. The Morgan fingerprint density at radius 2 is 1.85 bits per heavy atom. The maximum atomic E-state index is 11.1. The monoisotopic (exact) mass is 374 g/mol. The van der Waals surface area contributed by atoms with E-state index in [4.69, 9.17) is 5.11 Å². The number of aromatic nitrogens is 4. The largest absolute Gasteiger partial charge is 0.481 e. The molecule has 1 unspecified atom stereocenters. The molecule has 0 saturated carbocycles. The van der Waals surface area contributed by atoms with Crippen LogP contribution in [0.4, 0.5) is 17.3 Å². The van der Waals surface area contributed by atoms with Crippen LogP contribution in [0.15, 0.2) is 18.2 Å². The van der Waals surface area contributed by atoms with Crippen LogP contribution in [0.5, 0.6) is 0 Å². The number of nitrogens with zero attached hydrogens (tertiary/aromatic N) is 4. The molecule has 8 nitrogen and oxygen atoms in total. The summed E-state index contributed by atoms with van der Waals surface area (Å²) in [4.78, 5) is 13.4. The van der Waals surface area contributed by atoms with Crippen LogP contribution in [0.3, 0.4) is 0 Å². The smallest absolute Gasteiger partial charge is 0.303 e. The Hall–Kier alpha value is -2.64. The van der Waals surface area contributed by atoms with E-state index in [2.05, 4.69) is 64.6 Å². The number of nitrogens with one attached hydrogen (secondary N) is 2. The van der Waals surface area contributed by atoms with E-state index in [9.17, 15) is 4.79 Å². The van der Waals surface area contributed by atoms with Gasteiger partial charge in [0.15, 0.2) is 0 Å². The lowest BCUT2D eigenvalue weighted by molar-refractivity contribution is -0.137. The molecule has 1 heterocycles. The first kappa shape index (κ1) is 20.7. The summed E-state index contributed by atoms with van der Waals surface area (Å²) in [6, 6.07) is 6.07. The third-order valence-electron chi connectivity index (χ3n) is 4.18. The summed E-state index contributed by atoms with van der Waals surface area (Å²) >= 11 is 0. The van der Waals surface area contributed by atoms with E-state index in [1.807, 2.05) is 19.1 Å². The normalized spacial score (nSPS) is 12.4. The molecule has 148 valence electrons. The van der Waals surface area contributed by atoms with Crippen molar-refractivity contribution in [3.05, 3.63) is 23.8 Å². The molecule has 1 aromatic heterocycles. The molecule has 0 fully saturated rings. The average molecular weight is 374 g/mol. The topological polar surface area (TPSA) is 107 Å². The number of aliphatic carboxylic acids is 1. The SMILES string of the molecule is CC(C)CN(CC(C)C)c1ccc(C(C)CC(=O)O)cc1Nc1nnn[nH]1. The number of carbonyl (C=O) groups is 1. The zero-order valence-electron chi connectivity index (χ0n) is 16.7. The van der Waals surface area contributed by atoms with E-state index in [0.29, 0.717) is 17.8 Å². The van der Waals surface area contributed by atoms with Crippen LogP contribution in [-0.4, -0.2) is 44.8 Å². The highest BCUT2D eigenvalue weighted by Crippen LogP contribution is 2.33. The first-order chi connectivity index (χ1) is 12.8. The zero-order valence-corrected chi connectivity index (χ0v) is 16.7. The number of rotatable bonds is 10. The van der Waals surface area contributed by atoms with Crippen LogP contribution in [0, 0.1) is 11.8 Å². The minimum atomic E-state index is -0.804. The molecule has 0 amide bonds. The third kappa shape index (κ3) is 6.23. The van der Waals surface area contributed by atoms with Crippen LogP contribution in [0.1, 0.15) is 52.5 Å². The summed E-state index contributed by atoms with van der Waals surface area (Å²) in [5.41, 5.74) is 2.88. The molecule has 0 aliphatic carbocycles. The van der Waals surface area contributed by atoms with Gasteiger partial charge in [0.05, 0.1) is 17.8 Å². The van der Waals surface area contributed by atoms with Gasteiger partial charge in [-0.15, -0.1) is 0 Å². The van der Waals surface area contributed by atoms with E-state index < -0.39 is 5.97 Å². The fourth-order valence-electron chi connectivity index (χ4n) is 3.11. The Bertz CT molecular complexity index is 720. The summed E-state index contributed by atoms with van der Waals surface area (Å²) in [7, 11) is 0. The molecule has 8 heteroatoms. The molecule has 0 aliphatic heterocycles. The first-order valence-electron chi connectivity index (χ1n) is 9.37. The highest BCUT2D eigenvalue weighted by Gasteiger charge is 2.18. The lowest BCUT2D eigenvalue weighted by Crippen LogP contribution is -2.31. The molecule has 0 saturated heterocycles. The van der Waals surface area contributed by atoms with Gasteiger partial charge in [-0.2, -0.15) is 0 Å². The minimum Gasteiger partial charge on any atom is -0.481 e. The Labute approximate surface area is 160 Å². The molecule has 27 heavy (non-hydrogen) atoms. The van der Waals surface area contributed by atoms with Crippen molar-refractivity contribution in [2.45, 2.75) is 47.0 Å².